The van der Waals surface area contributed by atoms with E-state index in [2.05, 4.69) is 11.4 Å². The van der Waals surface area contributed by atoms with Crippen LogP contribution >= 0.6 is 11.8 Å². The van der Waals surface area contributed by atoms with Crippen molar-refractivity contribution in [3.8, 4) is 11.8 Å². The van der Waals surface area contributed by atoms with Crippen LogP contribution in [0.2, 0.25) is 0 Å². The summed E-state index contributed by atoms with van der Waals surface area (Å²) in [5.74, 6) is -0.144. The highest BCUT2D eigenvalue weighted by atomic mass is 32.2. The number of nitriles is 1. The molecule has 0 aromatic heterocycles. The summed E-state index contributed by atoms with van der Waals surface area (Å²) in [7, 11) is 0. The van der Waals surface area contributed by atoms with Crippen LogP contribution in [0.1, 0.15) is 17.9 Å². The van der Waals surface area contributed by atoms with Crippen LogP contribution in [0.3, 0.4) is 0 Å². The quantitative estimate of drug-likeness (QED) is 0.854. The standard InChI is InChI=1S/C13H12N2O2S/c1-18-13-11(7-14)10(6-12(17)15-13)8-2-4-9(16)5-3-8/h2-5,10,16H,6H2,1H3,(H,15,17)/t10-/m1/s1. The smallest absolute Gasteiger partial charge is 0.225 e. The Hall–Kier alpha value is -1.93. The topological polar surface area (TPSA) is 73.1 Å². The van der Waals surface area contributed by atoms with E-state index in [9.17, 15) is 15.2 Å². The van der Waals surface area contributed by atoms with E-state index in [-0.39, 0.29) is 24.0 Å². The first-order chi connectivity index (χ1) is 8.65. The second kappa shape index (κ2) is 5.15. The summed E-state index contributed by atoms with van der Waals surface area (Å²) < 4.78 is 0. The molecule has 5 heteroatoms. The maximum absolute atomic E-state index is 11.6. The molecule has 18 heavy (non-hydrogen) atoms. The van der Waals surface area contributed by atoms with E-state index in [1.54, 1.807) is 24.3 Å². The minimum atomic E-state index is -0.230. The maximum atomic E-state index is 11.6. The third-order valence-corrected chi connectivity index (χ3v) is 3.59. The molecule has 2 rings (SSSR count). The zero-order chi connectivity index (χ0) is 13.1. The lowest BCUT2D eigenvalue weighted by Crippen LogP contribution is -2.30. The van der Waals surface area contributed by atoms with Crippen LogP contribution in [0.25, 0.3) is 0 Å². The summed E-state index contributed by atoms with van der Waals surface area (Å²) in [5, 5.41) is 21.8. The van der Waals surface area contributed by atoms with Crippen molar-refractivity contribution in [3.63, 3.8) is 0 Å². The van der Waals surface area contributed by atoms with Crippen LogP contribution in [0.15, 0.2) is 34.9 Å². The van der Waals surface area contributed by atoms with Gasteiger partial charge in [0.15, 0.2) is 0 Å². The molecule has 0 unspecified atom stereocenters. The fraction of sp³-hybridized carbons (Fsp3) is 0.231. The van der Waals surface area contributed by atoms with Gasteiger partial charge in [-0.2, -0.15) is 5.26 Å². The first kappa shape index (κ1) is 12.5. The fourth-order valence-corrected chi connectivity index (χ4v) is 2.60. The van der Waals surface area contributed by atoms with Gasteiger partial charge in [-0.05, 0) is 24.0 Å². The Morgan fingerprint density at radius 2 is 2.11 bits per heavy atom. The Morgan fingerprint density at radius 3 is 2.67 bits per heavy atom. The Kier molecular flexibility index (Phi) is 3.58. The van der Waals surface area contributed by atoms with Gasteiger partial charge in [0.05, 0.1) is 16.7 Å². The summed E-state index contributed by atoms with van der Waals surface area (Å²) >= 11 is 1.36. The molecule has 0 radical (unpaired) electrons. The Labute approximate surface area is 109 Å². The molecule has 0 fully saturated rings. The minimum absolute atomic E-state index is 0.0866. The molecule has 1 heterocycles. The van der Waals surface area contributed by atoms with Crippen molar-refractivity contribution < 1.29 is 9.90 Å². The van der Waals surface area contributed by atoms with E-state index in [0.29, 0.717) is 10.6 Å². The van der Waals surface area contributed by atoms with Crippen LogP contribution in [0.5, 0.6) is 5.75 Å². The molecule has 2 N–H and O–H groups in total. The van der Waals surface area contributed by atoms with E-state index in [4.69, 9.17) is 0 Å². The lowest BCUT2D eigenvalue weighted by molar-refractivity contribution is -0.120. The number of aromatic hydroxyl groups is 1. The zero-order valence-corrected chi connectivity index (χ0v) is 10.6. The second-order valence-electron chi connectivity index (χ2n) is 3.96. The summed E-state index contributed by atoms with van der Waals surface area (Å²) in [6.45, 7) is 0. The first-order valence-corrected chi connectivity index (χ1v) is 6.65. The maximum Gasteiger partial charge on any atom is 0.225 e. The lowest BCUT2D eigenvalue weighted by atomic mass is 9.87. The Bertz CT molecular complexity index is 543. The number of thioether (sulfide) groups is 1. The van der Waals surface area contributed by atoms with Gasteiger partial charge in [-0.25, -0.2) is 0 Å². The minimum Gasteiger partial charge on any atom is -0.508 e. The largest absolute Gasteiger partial charge is 0.508 e. The number of phenols is 1. The van der Waals surface area contributed by atoms with Gasteiger partial charge in [-0.3, -0.25) is 4.79 Å². The fourth-order valence-electron chi connectivity index (χ4n) is 1.97. The molecule has 1 aliphatic rings. The number of allylic oxidation sites excluding steroid dienone is 1. The van der Waals surface area contributed by atoms with Gasteiger partial charge in [-0.1, -0.05) is 12.1 Å². The number of benzene rings is 1. The Balaban J connectivity index is 2.45. The van der Waals surface area contributed by atoms with E-state index in [1.807, 2.05) is 6.26 Å². The number of amides is 1. The summed E-state index contributed by atoms with van der Waals surface area (Å²) in [6.07, 6.45) is 2.09. The van der Waals surface area contributed by atoms with Crippen LogP contribution < -0.4 is 5.32 Å². The number of nitrogens with zero attached hydrogens (tertiary/aromatic N) is 1. The van der Waals surface area contributed by atoms with Crippen LogP contribution in [-0.4, -0.2) is 17.3 Å². The van der Waals surface area contributed by atoms with Gasteiger partial charge < -0.3 is 10.4 Å². The third kappa shape index (κ3) is 2.34. The highest BCUT2D eigenvalue weighted by Crippen LogP contribution is 2.35. The molecule has 0 saturated carbocycles. The molecule has 1 amide bonds. The molecular weight excluding hydrogens is 248 g/mol. The number of carbonyl (C=O) groups is 1. The molecule has 0 spiro atoms. The van der Waals surface area contributed by atoms with E-state index >= 15 is 0 Å². The summed E-state index contributed by atoms with van der Waals surface area (Å²) in [5.41, 5.74) is 1.44. The third-order valence-electron chi connectivity index (χ3n) is 2.86. The predicted molar refractivity (Wildman–Crippen MR) is 69.8 cm³/mol. The van der Waals surface area contributed by atoms with Gasteiger partial charge >= 0.3 is 0 Å². The van der Waals surface area contributed by atoms with Gasteiger partial charge in [0.1, 0.15) is 5.75 Å². The van der Waals surface area contributed by atoms with Crippen LogP contribution in [-0.2, 0) is 4.79 Å². The number of phenolic OH excluding ortho intramolecular Hbond substituents is 1. The van der Waals surface area contributed by atoms with E-state index in [0.717, 1.165) is 5.56 Å². The molecule has 1 aliphatic heterocycles. The van der Waals surface area contributed by atoms with Gasteiger partial charge in [0.2, 0.25) is 5.91 Å². The van der Waals surface area contributed by atoms with Gasteiger partial charge in [-0.15, -0.1) is 11.8 Å². The van der Waals surface area contributed by atoms with Gasteiger partial charge in [0, 0.05) is 12.3 Å². The normalized spacial score (nSPS) is 19.3. The molecule has 0 saturated heterocycles. The van der Waals surface area contributed by atoms with Crippen molar-refractivity contribution in [3.05, 3.63) is 40.4 Å². The van der Waals surface area contributed by atoms with Gasteiger partial charge in [0.25, 0.3) is 0 Å². The molecule has 1 aromatic rings. The molecular formula is C13H12N2O2S. The predicted octanol–water partition coefficient (Wildman–Crippen LogP) is 2.09. The monoisotopic (exact) mass is 260 g/mol. The van der Waals surface area contributed by atoms with Crippen molar-refractivity contribution in [2.45, 2.75) is 12.3 Å². The first-order valence-electron chi connectivity index (χ1n) is 5.42. The number of hydrogen-bond donors (Lipinski definition) is 2. The van der Waals surface area contributed by atoms with Crippen molar-refractivity contribution >= 4 is 17.7 Å². The average molecular weight is 260 g/mol. The molecule has 92 valence electrons. The average Bonchev–Trinajstić information content (AvgIpc) is 2.38. The van der Waals surface area contributed by atoms with Crippen molar-refractivity contribution in [1.82, 2.24) is 5.32 Å². The molecule has 0 bridgehead atoms. The van der Waals surface area contributed by atoms with E-state index < -0.39 is 0 Å². The number of carbonyl (C=O) groups excluding carboxylic acids is 1. The van der Waals surface area contributed by atoms with Crippen LogP contribution in [0, 0.1) is 11.3 Å². The number of nitrogens with one attached hydrogen (secondary N) is 1. The molecule has 4 nitrogen and oxygen atoms in total. The van der Waals surface area contributed by atoms with Crippen molar-refractivity contribution in [1.29, 1.82) is 5.26 Å². The van der Waals surface area contributed by atoms with Crippen molar-refractivity contribution in [2.75, 3.05) is 6.26 Å². The van der Waals surface area contributed by atoms with Crippen LogP contribution in [0.4, 0.5) is 0 Å². The molecule has 1 aromatic carbocycles. The lowest BCUT2D eigenvalue weighted by Gasteiger charge is -2.24. The summed E-state index contributed by atoms with van der Waals surface area (Å²) in [6, 6.07) is 8.79. The highest BCUT2D eigenvalue weighted by molar-refractivity contribution is 8.02. The molecule has 1 atom stereocenters. The highest BCUT2D eigenvalue weighted by Gasteiger charge is 2.28. The zero-order valence-electron chi connectivity index (χ0n) is 9.80. The number of rotatable bonds is 2. The van der Waals surface area contributed by atoms with E-state index in [1.165, 1.54) is 11.8 Å². The number of hydrogen-bond acceptors (Lipinski definition) is 4. The van der Waals surface area contributed by atoms with Crippen molar-refractivity contribution in [2.24, 2.45) is 0 Å². The second-order valence-corrected chi connectivity index (χ2v) is 4.77. The molecule has 0 aliphatic carbocycles. The summed E-state index contributed by atoms with van der Waals surface area (Å²) in [4.78, 5) is 11.6. The Morgan fingerprint density at radius 1 is 1.44 bits per heavy atom. The SMILES string of the molecule is CSC1=C(C#N)[C@@H](c2ccc(O)cc2)CC(=O)N1.